The van der Waals surface area contributed by atoms with Gasteiger partial charge < -0.3 is 10.1 Å². The minimum Gasteiger partial charge on any atom is -0.495 e. The summed E-state index contributed by atoms with van der Waals surface area (Å²) in [4.78, 5) is 12.4. The number of aryl methyl sites for hydroxylation is 1. The first-order chi connectivity index (χ1) is 14.0. The van der Waals surface area contributed by atoms with E-state index in [1.54, 1.807) is 26.0 Å². The zero-order valence-electron chi connectivity index (χ0n) is 17.4. The van der Waals surface area contributed by atoms with E-state index in [0.29, 0.717) is 13.1 Å². The van der Waals surface area contributed by atoms with E-state index in [1.165, 1.54) is 41.7 Å². The molecule has 0 aliphatic carbocycles. The van der Waals surface area contributed by atoms with Gasteiger partial charge in [-0.25, -0.2) is 16.8 Å². The number of sulfonamides is 1. The topological polar surface area (TPSA) is 110 Å². The Morgan fingerprint density at radius 3 is 2.07 bits per heavy atom. The number of hydrogen-bond acceptors (Lipinski definition) is 6. The summed E-state index contributed by atoms with van der Waals surface area (Å²) in [5.74, 6) is -1.37. The molecule has 0 bridgehead atoms. The van der Waals surface area contributed by atoms with Gasteiger partial charge >= 0.3 is 0 Å². The van der Waals surface area contributed by atoms with Crippen LogP contribution in [0.2, 0.25) is 0 Å². The highest BCUT2D eigenvalue weighted by atomic mass is 32.2. The lowest BCUT2D eigenvalue weighted by Crippen LogP contribution is -2.30. The van der Waals surface area contributed by atoms with E-state index in [9.17, 15) is 21.6 Å². The number of nitrogens with one attached hydrogen (secondary N) is 1. The number of nitrogens with zero attached hydrogens (tertiary/aromatic N) is 1. The summed E-state index contributed by atoms with van der Waals surface area (Å²) in [6, 6.07) is 10.2. The number of sulfone groups is 1. The van der Waals surface area contributed by atoms with Crippen molar-refractivity contribution in [3.8, 4) is 5.75 Å². The van der Waals surface area contributed by atoms with Gasteiger partial charge in [0.1, 0.15) is 11.5 Å². The Hall–Kier alpha value is -2.43. The standard InChI is InChI=1S/C20H26N2O6S2/c1-5-22(6-2)30(26,27)17-11-12-19(28-4)18(13-17)21-20(23)14-29(24,25)16-9-7-15(3)8-10-16/h7-13H,5-6,14H2,1-4H3,(H,21,23). The molecule has 1 N–H and O–H groups in total. The van der Waals surface area contributed by atoms with E-state index in [1.807, 2.05) is 6.92 Å². The first-order valence-electron chi connectivity index (χ1n) is 9.32. The van der Waals surface area contributed by atoms with Crippen molar-refractivity contribution >= 4 is 31.5 Å². The molecule has 1 amide bonds. The summed E-state index contributed by atoms with van der Waals surface area (Å²) >= 11 is 0. The number of rotatable bonds is 9. The molecule has 30 heavy (non-hydrogen) atoms. The van der Waals surface area contributed by atoms with Crippen molar-refractivity contribution in [2.75, 3.05) is 31.3 Å². The maximum Gasteiger partial charge on any atom is 0.243 e. The Kier molecular flexibility index (Phi) is 7.62. The van der Waals surface area contributed by atoms with Crippen LogP contribution in [0.15, 0.2) is 52.3 Å². The van der Waals surface area contributed by atoms with Gasteiger partial charge in [-0.3, -0.25) is 4.79 Å². The van der Waals surface area contributed by atoms with Crippen LogP contribution < -0.4 is 10.1 Å². The number of benzene rings is 2. The Labute approximate surface area is 177 Å². The summed E-state index contributed by atoms with van der Waals surface area (Å²) < 4.78 is 57.0. The summed E-state index contributed by atoms with van der Waals surface area (Å²) in [6.45, 7) is 5.86. The SMILES string of the molecule is CCN(CC)S(=O)(=O)c1ccc(OC)c(NC(=O)CS(=O)(=O)c2ccc(C)cc2)c1. The molecule has 0 atom stereocenters. The van der Waals surface area contributed by atoms with Crippen LogP contribution in [-0.4, -0.2) is 53.0 Å². The Bertz CT molecular complexity index is 1110. The molecule has 2 aromatic carbocycles. The van der Waals surface area contributed by atoms with E-state index >= 15 is 0 Å². The molecule has 164 valence electrons. The van der Waals surface area contributed by atoms with Crippen molar-refractivity contribution in [2.24, 2.45) is 0 Å². The molecule has 0 aliphatic rings. The lowest BCUT2D eigenvalue weighted by atomic mass is 10.2. The zero-order chi connectivity index (χ0) is 22.5. The molecule has 0 spiro atoms. The van der Waals surface area contributed by atoms with Crippen LogP contribution in [0.4, 0.5) is 5.69 Å². The summed E-state index contributed by atoms with van der Waals surface area (Å²) in [5.41, 5.74) is 0.976. The smallest absolute Gasteiger partial charge is 0.243 e. The third-order valence-corrected chi connectivity index (χ3v) is 8.17. The highest BCUT2D eigenvalue weighted by molar-refractivity contribution is 7.92. The van der Waals surface area contributed by atoms with Crippen LogP contribution in [0, 0.1) is 6.92 Å². The maximum atomic E-state index is 12.7. The lowest BCUT2D eigenvalue weighted by molar-refractivity contribution is -0.113. The fraction of sp³-hybridized carbons (Fsp3) is 0.350. The number of anilines is 1. The van der Waals surface area contributed by atoms with Crippen molar-refractivity contribution in [3.63, 3.8) is 0 Å². The van der Waals surface area contributed by atoms with Crippen molar-refractivity contribution in [1.82, 2.24) is 4.31 Å². The quantitative estimate of drug-likeness (QED) is 0.623. The summed E-state index contributed by atoms with van der Waals surface area (Å²) in [6.07, 6.45) is 0. The zero-order valence-corrected chi connectivity index (χ0v) is 19.0. The van der Waals surface area contributed by atoms with Crippen molar-refractivity contribution in [3.05, 3.63) is 48.0 Å². The van der Waals surface area contributed by atoms with E-state index in [2.05, 4.69) is 5.32 Å². The van der Waals surface area contributed by atoms with Crippen molar-refractivity contribution in [1.29, 1.82) is 0 Å². The second-order valence-electron chi connectivity index (χ2n) is 6.57. The van der Waals surface area contributed by atoms with Crippen molar-refractivity contribution < 1.29 is 26.4 Å². The van der Waals surface area contributed by atoms with Crippen LogP contribution in [0.1, 0.15) is 19.4 Å². The number of amides is 1. The monoisotopic (exact) mass is 454 g/mol. The van der Waals surface area contributed by atoms with Crippen LogP contribution >= 0.6 is 0 Å². The number of methoxy groups -OCH3 is 1. The number of hydrogen-bond donors (Lipinski definition) is 1. The average Bonchev–Trinajstić information content (AvgIpc) is 2.68. The van der Waals surface area contributed by atoms with Gasteiger partial charge in [-0.05, 0) is 37.3 Å². The van der Waals surface area contributed by atoms with Gasteiger partial charge in [-0.1, -0.05) is 31.5 Å². The average molecular weight is 455 g/mol. The van der Waals surface area contributed by atoms with E-state index in [0.717, 1.165) is 5.56 Å². The molecule has 2 aromatic rings. The third kappa shape index (κ3) is 5.38. The fourth-order valence-electron chi connectivity index (χ4n) is 2.85. The summed E-state index contributed by atoms with van der Waals surface area (Å²) in [5, 5.41) is 2.46. The van der Waals surface area contributed by atoms with Crippen LogP contribution in [0.25, 0.3) is 0 Å². The van der Waals surface area contributed by atoms with E-state index in [4.69, 9.17) is 4.74 Å². The highest BCUT2D eigenvalue weighted by Crippen LogP contribution is 2.29. The number of carbonyl (C=O) groups excluding carboxylic acids is 1. The normalized spacial score (nSPS) is 12.0. The van der Waals surface area contributed by atoms with Gasteiger partial charge in [-0.15, -0.1) is 0 Å². The highest BCUT2D eigenvalue weighted by Gasteiger charge is 2.24. The molecule has 0 heterocycles. The van der Waals surface area contributed by atoms with E-state index in [-0.39, 0.29) is 21.2 Å². The first kappa shape index (κ1) is 23.8. The Morgan fingerprint density at radius 1 is 0.967 bits per heavy atom. The molecule has 0 unspecified atom stereocenters. The van der Waals surface area contributed by atoms with Gasteiger partial charge in [-0.2, -0.15) is 4.31 Å². The molecule has 8 nitrogen and oxygen atoms in total. The molecule has 0 aliphatic heterocycles. The molecule has 2 rings (SSSR count). The molecule has 0 fully saturated rings. The Morgan fingerprint density at radius 2 is 1.53 bits per heavy atom. The van der Waals surface area contributed by atoms with Gasteiger partial charge in [0.25, 0.3) is 0 Å². The predicted octanol–water partition coefficient (Wildman–Crippen LogP) is 2.45. The third-order valence-electron chi connectivity index (χ3n) is 4.49. The molecule has 10 heteroatoms. The van der Waals surface area contributed by atoms with Gasteiger partial charge in [0.05, 0.1) is 22.6 Å². The molecular formula is C20H26N2O6S2. The first-order valence-corrected chi connectivity index (χ1v) is 12.4. The van der Waals surface area contributed by atoms with Gasteiger partial charge in [0.2, 0.25) is 15.9 Å². The summed E-state index contributed by atoms with van der Waals surface area (Å²) in [7, 11) is -6.25. The van der Waals surface area contributed by atoms with Gasteiger partial charge in [0, 0.05) is 13.1 Å². The molecule has 0 aromatic heterocycles. The fourth-order valence-corrected chi connectivity index (χ4v) is 5.47. The minimum atomic E-state index is -3.86. The lowest BCUT2D eigenvalue weighted by Gasteiger charge is -2.19. The van der Waals surface area contributed by atoms with Crippen molar-refractivity contribution in [2.45, 2.75) is 30.6 Å². The van der Waals surface area contributed by atoms with Crippen LogP contribution in [0.5, 0.6) is 5.75 Å². The van der Waals surface area contributed by atoms with Crippen LogP contribution in [-0.2, 0) is 24.7 Å². The largest absolute Gasteiger partial charge is 0.495 e. The molecular weight excluding hydrogens is 428 g/mol. The maximum absolute atomic E-state index is 12.7. The Balaban J connectivity index is 2.30. The number of ether oxygens (including phenoxy) is 1. The molecule has 0 saturated carbocycles. The second kappa shape index (κ2) is 9.59. The predicted molar refractivity (Wildman–Crippen MR) is 115 cm³/mol. The minimum absolute atomic E-state index is 0.0244. The van der Waals surface area contributed by atoms with E-state index < -0.39 is 31.5 Å². The molecule has 0 radical (unpaired) electrons. The number of carbonyl (C=O) groups is 1. The van der Waals surface area contributed by atoms with Crippen LogP contribution in [0.3, 0.4) is 0 Å². The molecule has 0 saturated heterocycles. The second-order valence-corrected chi connectivity index (χ2v) is 10.5. The van der Waals surface area contributed by atoms with Gasteiger partial charge in [0.15, 0.2) is 9.84 Å².